The average Bonchev–Trinajstić information content (AvgIpc) is 2.57. The van der Waals surface area contributed by atoms with E-state index >= 15 is 0 Å². The number of hydrogen-bond acceptors (Lipinski definition) is 5. The molecule has 21 heavy (non-hydrogen) atoms. The van der Waals surface area contributed by atoms with Gasteiger partial charge in [-0.2, -0.15) is 0 Å². The Morgan fingerprint density at radius 3 is 2.86 bits per heavy atom. The minimum atomic E-state index is -0.326. The highest BCUT2D eigenvalue weighted by Crippen LogP contribution is 2.17. The molecule has 0 aromatic carbocycles. The molecule has 3 heterocycles. The van der Waals surface area contributed by atoms with Gasteiger partial charge in [-0.3, -0.25) is 4.79 Å². The predicted octanol–water partition coefficient (Wildman–Crippen LogP) is 0.999. The molecule has 114 valence electrons. The maximum Gasteiger partial charge on any atom is 0.254 e. The number of piperazine rings is 1. The Kier molecular flexibility index (Phi) is 4.67. The maximum absolute atomic E-state index is 12.1. The molecule has 2 aliphatic heterocycles. The lowest BCUT2D eigenvalue weighted by Crippen LogP contribution is -2.43. The Hall–Kier alpha value is -1.66. The lowest BCUT2D eigenvalue weighted by molar-refractivity contribution is -0.130. The highest BCUT2D eigenvalue weighted by Gasteiger charge is 2.22. The van der Waals surface area contributed by atoms with Crippen LogP contribution in [0.5, 0.6) is 0 Å². The number of nitrogens with one attached hydrogen (secondary N) is 2. The van der Waals surface area contributed by atoms with Crippen LogP contribution in [0.25, 0.3) is 0 Å². The third-order valence-corrected chi connectivity index (χ3v) is 3.95. The van der Waals surface area contributed by atoms with Crippen LogP contribution in [-0.4, -0.2) is 49.8 Å². The lowest BCUT2D eigenvalue weighted by Gasteiger charge is -2.29. The monoisotopic (exact) mass is 290 g/mol. The van der Waals surface area contributed by atoms with Crippen LogP contribution in [-0.2, 0) is 9.53 Å². The molecule has 2 aliphatic rings. The lowest BCUT2D eigenvalue weighted by atomic mass is 10.1. The molecule has 0 aliphatic carbocycles. The summed E-state index contributed by atoms with van der Waals surface area (Å²) in [7, 11) is 0. The van der Waals surface area contributed by atoms with Crippen LogP contribution in [0.15, 0.2) is 18.3 Å². The zero-order chi connectivity index (χ0) is 14.5. The van der Waals surface area contributed by atoms with Crippen molar-refractivity contribution >= 4 is 17.4 Å². The summed E-state index contributed by atoms with van der Waals surface area (Å²) in [5, 5.41) is 6.16. The van der Waals surface area contributed by atoms with Gasteiger partial charge in [0.1, 0.15) is 11.9 Å². The normalized spacial score (nSPS) is 22.9. The predicted molar refractivity (Wildman–Crippen MR) is 81.5 cm³/mol. The van der Waals surface area contributed by atoms with Crippen molar-refractivity contribution in [1.82, 2.24) is 10.3 Å². The summed E-state index contributed by atoms with van der Waals surface area (Å²) in [4.78, 5) is 18.7. The minimum Gasteiger partial charge on any atom is -0.368 e. The number of amides is 1. The van der Waals surface area contributed by atoms with Crippen LogP contribution in [0.1, 0.15) is 19.3 Å². The van der Waals surface area contributed by atoms with E-state index in [4.69, 9.17) is 4.74 Å². The molecule has 0 bridgehead atoms. The quantitative estimate of drug-likeness (QED) is 0.869. The van der Waals surface area contributed by atoms with Gasteiger partial charge in [-0.15, -0.1) is 0 Å². The first-order valence-electron chi connectivity index (χ1n) is 7.67. The largest absolute Gasteiger partial charge is 0.368 e. The summed E-state index contributed by atoms with van der Waals surface area (Å²) in [5.41, 5.74) is 1.10. The smallest absolute Gasteiger partial charge is 0.254 e. The molecule has 2 N–H and O–H groups in total. The van der Waals surface area contributed by atoms with Gasteiger partial charge in [0.2, 0.25) is 0 Å². The van der Waals surface area contributed by atoms with Gasteiger partial charge in [-0.05, 0) is 31.4 Å². The number of carbonyl (C=O) groups is 1. The molecule has 0 spiro atoms. The van der Waals surface area contributed by atoms with E-state index in [2.05, 4.69) is 20.5 Å². The maximum atomic E-state index is 12.1. The van der Waals surface area contributed by atoms with E-state index in [1.54, 1.807) is 0 Å². The Morgan fingerprint density at radius 1 is 1.33 bits per heavy atom. The highest BCUT2D eigenvalue weighted by atomic mass is 16.5. The number of rotatable bonds is 3. The molecule has 0 radical (unpaired) electrons. The first-order chi connectivity index (χ1) is 10.3. The third-order valence-electron chi connectivity index (χ3n) is 3.95. The highest BCUT2D eigenvalue weighted by molar-refractivity contribution is 5.93. The molecular formula is C15H22N4O2. The fourth-order valence-electron chi connectivity index (χ4n) is 2.72. The van der Waals surface area contributed by atoms with Crippen molar-refractivity contribution in [3.63, 3.8) is 0 Å². The second-order valence-electron chi connectivity index (χ2n) is 5.48. The summed E-state index contributed by atoms with van der Waals surface area (Å²) in [6.07, 6.45) is 4.38. The van der Waals surface area contributed by atoms with E-state index in [9.17, 15) is 4.79 Å². The molecular weight excluding hydrogens is 268 g/mol. The van der Waals surface area contributed by atoms with Crippen LogP contribution >= 0.6 is 0 Å². The minimum absolute atomic E-state index is 0.0860. The van der Waals surface area contributed by atoms with Crippen molar-refractivity contribution < 1.29 is 9.53 Å². The molecule has 0 saturated carbocycles. The van der Waals surface area contributed by atoms with Gasteiger partial charge in [0, 0.05) is 32.8 Å². The van der Waals surface area contributed by atoms with Crippen LogP contribution in [0.3, 0.4) is 0 Å². The van der Waals surface area contributed by atoms with E-state index in [0.717, 1.165) is 51.1 Å². The number of ether oxygens (including phenoxy) is 1. The van der Waals surface area contributed by atoms with Gasteiger partial charge in [-0.1, -0.05) is 0 Å². The van der Waals surface area contributed by atoms with Crippen LogP contribution in [0.2, 0.25) is 0 Å². The van der Waals surface area contributed by atoms with Crippen molar-refractivity contribution in [3.05, 3.63) is 18.3 Å². The number of aromatic nitrogens is 1. The van der Waals surface area contributed by atoms with E-state index < -0.39 is 0 Å². The van der Waals surface area contributed by atoms with E-state index in [-0.39, 0.29) is 12.0 Å². The van der Waals surface area contributed by atoms with Gasteiger partial charge in [0.15, 0.2) is 0 Å². The number of carbonyl (C=O) groups excluding carboxylic acids is 1. The van der Waals surface area contributed by atoms with Crippen molar-refractivity contribution in [3.8, 4) is 0 Å². The third kappa shape index (κ3) is 3.71. The van der Waals surface area contributed by atoms with Crippen molar-refractivity contribution in [2.24, 2.45) is 0 Å². The van der Waals surface area contributed by atoms with E-state index in [1.165, 1.54) is 0 Å². The first-order valence-corrected chi connectivity index (χ1v) is 7.67. The molecule has 1 unspecified atom stereocenters. The Balaban J connectivity index is 1.57. The number of anilines is 2. The Labute approximate surface area is 124 Å². The summed E-state index contributed by atoms with van der Waals surface area (Å²) in [6.45, 7) is 4.65. The van der Waals surface area contributed by atoms with Gasteiger partial charge >= 0.3 is 0 Å². The fourth-order valence-corrected chi connectivity index (χ4v) is 2.72. The molecule has 1 atom stereocenters. The standard InChI is InChI=1S/C15H22N4O2/c20-15(13-3-1-2-10-21-13)18-14-5-4-12(11-17-14)19-8-6-16-7-9-19/h4-5,11,13,16H,1-3,6-10H2,(H,17,18,20). The molecule has 2 fully saturated rings. The molecule has 6 nitrogen and oxygen atoms in total. The molecule has 1 amide bonds. The van der Waals surface area contributed by atoms with Gasteiger partial charge < -0.3 is 20.3 Å². The van der Waals surface area contributed by atoms with Crippen LogP contribution < -0.4 is 15.5 Å². The second kappa shape index (κ2) is 6.87. The van der Waals surface area contributed by atoms with Crippen LogP contribution in [0.4, 0.5) is 11.5 Å². The van der Waals surface area contributed by atoms with Gasteiger partial charge in [-0.25, -0.2) is 4.98 Å². The molecule has 1 aromatic rings. The molecule has 1 aromatic heterocycles. The Bertz CT molecular complexity index is 465. The SMILES string of the molecule is O=C(Nc1ccc(N2CCNCC2)cn1)C1CCCCO1. The fraction of sp³-hybridized carbons (Fsp3) is 0.600. The van der Waals surface area contributed by atoms with Gasteiger partial charge in [0.05, 0.1) is 11.9 Å². The van der Waals surface area contributed by atoms with Crippen molar-refractivity contribution in [1.29, 1.82) is 0 Å². The number of nitrogens with zero attached hydrogens (tertiary/aromatic N) is 2. The number of pyridine rings is 1. The van der Waals surface area contributed by atoms with Gasteiger partial charge in [0.25, 0.3) is 5.91 Å². The Morgan fingerprint density at radius 2 is 2.19 bits per heavy atom. The molecule has 2 saturated heterocycles. The van der Waals surface area contributed by atoms with E-state index in [0.29, 0.717) is 12.4 Å². The second-order valence-corrected chi connectivity index (χ2v) is 5.48. The van der Waals surface area contributed by atoms with E-state index in [1.807, 2.05) is 18.3 Å². The summed E-state index contributed by atoms with van der Waals surface area (Å²) >= 11 is 0. The molecule has 3 rings (SSSR count). The summed E-state index contributed by atoms with van der Waals surface area (Å²) in [6, 6.07) is 3.87. The summed E-state index contributed by atoms with van der Waals surface area (Å²) in [5.74, 6) is 0.505. The topological polar surface area (TPSA) is 66.5 Å². The summed E-state index contributed by atoms with van der Waals surface area (Å²) < 4.78 is 5.48. The average molecular weight is 290 g/mol. The first kappa shape index (κ1) is 14.3. The van der Waals surface area contributed by atoms with Crippen molar-refractivity contribution in [2.45, 2.75) is 25.4 Å². The van der Waals surface area contributed by atoms with Crippen molar-refractivity contribution in [2.75, 3.05) is 43.0 Å². The zero-order valence-electron chi connectivity index (χ0n) is 12.2. The molecule has 6 heteroatoms. The zero-order valence-corrected chi connectivity index (χ0v) is 12.2. The van der Waals surface area contributed by atoms with Crippen LogP contribution in [0, 0.1) is 0 Å². The number of hydrogen-bond donors (Lipinski definition) is 2.